The molecule has 21 heavy (non-hydrogen) atoms. The van der Waals surface area contributed by atoms with Crippen molar-refractivity contribution < 1.29 is 9.66 Å². The summed E-state index contributed by atoms with van der Waals surface area (Å²) < 4.78 is 5.53. The third kappa shape index (κ3) is 3.14. The van der Waals surface area contributed by atoms with Crippen LogP contribution in [-0.4, -0.2) is 15.7 Å². The Morgan fingerprint density at radius 1 is 1.38 bits per heavy atom. The summed E-state index contributed by atoms with van der Waals surface area (Å²) in [4.78, 5) is 14.6. The zero-order valence-corrected chi connectivity index (χ0v) is 11.6. The molecular weight excluding hydrogens is 272 g/mol. The van der Waals surface area contributed by atoms with E-state index in [1.807, 2.05) is 0 Å². The summed E-state index contributed by atoms with van der Waals surface area (Å²) in [5, 5.41) is 18.4. The summed E-state index contributed by atoms with van der Waals surface area (Å²) in [6.45, 7) is 3.52. The maximum atomic E-state index is 11.1. The summed E-state index contributed by atoms with van der Waals surface area (Å²) in [5.74, 6) is 0.260. The SMILES string of the molecule is Cc1cc(C)c(Oc2ccc(C(=N)N)cn2)c([N+](=O)[O-])c1. The minimum atomic E-state index is -0.487. The van der Waals surface area contributed by atoms with Crippen molar-refractivity contribution in [3.63, 3.8) is 0 Å². The van der Waals surface area contributed by atoms with Crippen LogP contribution < -0.4 is 10.5 Å². The van der Waals surface area contributed by atoms with Gasteiger partial charge in [0, 0.05) is 23.9 Å². The van der Waals surface area contributed by atoms with Crippen LogP contribution in [0.3, 0.4) is 0 Å². The monoisotopic (exact) mass is 286 g/mol. The van der Waals surface area contributed by atoms with Gasteiger partial charge in [0.1, 0.15) is 5.84 Å². The van der Waals surface area contributed by atoms with E-state index in [1.165, 1.54) is 18.3 Å². The van der Waals surface area contributed by atoms with Crippen LogP contribution in [0.1, 0.15) is 16.7 Å². The van der Waals surface area contributed by atoms with Gasteiger partial charge in [0.05, 0.1) is 4.92 Å². The quantitative estimate of drug-likeness (QED) is 0.388. The Labute approximate surface area is 121 Å². The lowest BCUT2D eigenvalue weighted by Gasteiger charge is -2.09. The molecule has 2 aromatic rings. The van der Waals surface area contributed by atoms with Gasteiger partial charge < -0.3 is 10.5 Å². The Morgan fingerprint density at radius 3 is 2.62 bits per heavy atom. The Bertz CT molecular complexity index is 711. The molecule has 0 atom stereocenters. The second kappa shape index (κ2) is 5.58. The highest BCUT2D eigenvalue weighted by atomic mass is 16.6. The number of benzene rings is 1. The Hall–Kier alpha value is -2.96. The highest BCUT2D eigenvalue weighted by Gasteiger charge is 2.19. The zero-order valence-electron chi connectivity index (χ0n) is 11.6. The first kappa shape index (κ1) is 14.4. The molecule has 108 valence electrons. The van der Waals surface area contributed by atoms with E-state index >= 15 is 0 Å². The number of hydrogen-bond donors (Lipinski definition) is 2. The van der Waals surface area contributed by atoms with Crippen LogP contribution in [0.4, 0.5) is 5.69 Å². The smallest absolute Gasteiger partial charge is 0.312 e. The maximum absolute atomic E-state index is 11.1. The van der Waals surface area contributed by atoms with E-state index in [-0.39, 0.29) is 23.2 Å². The van der Waals surface area contributed by atoms with Crippen LogP contribution in [0, 0.1) is 29.4 Å². The van der Waals surface area contributed by atoms with Crippen LogP contribution >= 0.6 is 0 Å². The van der Waals surface area contributed by atoms with Crippen molar-refractivity contribution in [2.75, 3.05) is 0 Å². The molecule has 1 aromatic heterocycles. The molecule has 0 aliphatic heterocycles. The number of ether oxygens (including phenoxy) is 1. The Morgan fingerprint density at radius 2 is 2.10 bits per heavy atom. The highest BCUT2D eigenvalue weighted by Crippen LogP contribution is 2.34. The lowest BCUT2D eigenvalue weighted by molar-refractivity contribution is -0.385. The van der Waals surface area contributed by atoms with Crippen molar-refractivity contribution in [2.45, 2.75) is 13.8 Å². The molecule has 0 saturated carbocycles. The van der Waals surface area contributed by atoms with Crippen LogP contribution in [0.25, 0.3) is 0 Å². The number of aryl methyl sites for hydroxylation is 2. The summed E-state index contributed by atoms with van der Waals surface area (Å²) >= 11 is 0. The highest BCUT2D eigenvalue weighted by molar-refractivity contribution is 5.94. The molecule has 7 heteroatoms. The van der Waals surface area contributed by atoms with Gasteiger partial charge in [-0.15, -0.1) is 0 Å². The first-order valence-electron chi connectivity index (χ1n) is 6.12. The summed E-state index contributed by atoms with van der Waals surface area (Å²) in [5.41, 5.74) is 7.12. The number of rotatable bonds is 4. The number of nitro benzene ring substituents is 1. The van der Waals surface area contributed by atoms with Crippen molar-refractivity contribution in [2.24, 2.45) is 5.73 Å². The maximum Gasteiger partial charge on any atom is 0.312 e. The molecule has 0 fully saturated rings. The lowest BCUT2D eigenvalue weighted by Crippen LogP contribution is -2.11. The Balaban J connectivity index is 2.39. The summed E-state index contributed by atoms with van der Waals surface area (Å²) in [6, 6.07) is 6.33. The fraction of sp³-hybridized carbons (Fsp3) is 0.143. The summed E-state index contributed by atoms with van der Waals surface area (Å²) in [7, 11) is 0. The number of amidine groups is 1. The molecule has 0 spiro atoms. The lowest BCUT2D eigenvalue weighted by atomic mass is 10.1. The standard InChI is InChI=1S/C14H14N4O3/c1-8-5-9(2)13(11(6-8)18(19)20)21-12-4-3-10(7-17-12)14(15)16/h3-7H,1-2H3,(H3,15,16). The Kier molecular flexibility index (Phi) is 3.84. The van der Waals surface area contributed by atoms with Gasteiger partial charge in [0.15, 0.2) is 0 Å². The van der Waals surface area contributed by atoms with Crippen LogP contribution in [0.5, 0.6) is 11.6 Å². The molecule has 0 aliphatic rings. The van der Waals surface area contributed by atoms with Gasteiger partial charge in [-0.3, -0.25) is 15.5 Å². The molecule has 3 N–H and O–H groups in total. The number of nitro groups is 1. The van der Waals surface area contributed by atoms with E-state index in [1.54, 1.807) is 26.0 Å². The molecule has 0 aliphatic carbocycles. The first-order valence-corrected chi connectivity index (χ1v) is 6.12. The van der Waals surface area contributed by atoms with Crippen LogP contribution in [0.2, 0.25) is 0 Å². The van der Waals surface area contributed by atoms with E-state index in [4.69, 9.17) is 15.9 Å². The molecule has 1 aromatic carbocycles. The van der Waals surface area contributed by atoms with E-state index in [2.05, 4.69) is 4.98 Å². The molecule has 1 heterocycles. The van der Waals surface area contributed by atoms with Crippen molar-refractivity contribution >= 4 is 11.5 Å². The van der Waals surface area contributed by atoms with Gasteiger partial charge in [-0.25, -0.2) is 4.98 Å². The number of pyridine rings is 1. The van der Waals surface area contributed by atoms with Gasteiger partial charge in [0.2, 0.25) is 11.6 Å². The number of aromatic nitrogens is 1. The molecule has 0 radical (unpaired) electrons. The number of nitrogen functional groups attached to an aromatic ring is 1. The van der Waals surface area contributed by atoms with Gasteiger partial charge in [-0.05, 0) is 31.0 Å². The second-order valence-electron chi connectivity index (χ2n) is 4.59. The molecule has 7 nitrogen and oxygen atoms in total. The van der Waals surface area contributed by atoms with Gasteiger partial charge in [0.25, 0.3) is 0 Å². The minimum absolute atomic E-state index is 0.105. The van der Waals surface area contributed by atoms with E-state index in [0.717, 1.165) is 5.56 Å². The van der Waals surface area contributed by atoms with Gasteiger partial charge in [-0.2, -0.15) is 0 Å². The van der Waals surface area contributed by atoms with E-state index < -0.39 is 4.92 Å². The normalized spacial score (nSPS) is 10.2. The number of nitrogens with zero attached hydrogens (tertiary/aromatic N) is 2. The fourth-order valence-corrected chi connectivity index (χ4v) is 1.90. The second-order valence-corrected chi connectivity index (χ2v) is 4.59. The predicted octanol–water partition coefficient (Wildman–Crippen LogP) is 2.68. The van der Waals surface area contributed by atoms with Crippen molar-refractivity contribution in [1.82, 2.24) is 4.98 Å². The van der Waals surface area contributed by atoms with Crippen molar-refractivity contribution in [3.05, 3.63) is 57.3 Å². The number of nitrogens with one attached hydrogen (secondary N) is 1. The average molecular weight is 286 g/mol. The fourth-order valence-electron chi connectivity index (χ4n) is 1.90. The zero-order chi connectivity index (χ0) is 15.6. The van der Waals surface area contributed by atoms with Crippen LogP contribution in [0.15, 0.2) is 30.5 Å². The van der Waals surface area contributed by atoms with E-state index in [0.29, 0.717) is 11.1 Å². The molecule has 0 amide bonds. The molecule has 2 rings (SSSR count). The van der Waals surface area contributed by atoms with Gasteiger partial charge >= 0.3 is 5.69 Å². The van der Waals surface area contributed by atoms with Gasteiger partial charge in [-0.1, -0.05) is 6.07 Å². The summed E-state index contributed by atoms with van der Waals surface area (Å²) in [6.07, 6.45) is 1.38. The third-order valence-corrected chi connectivity index (χ3v) is 2.85. The topological polar surface area (TPSA) is 115 Å². The molecular formula is C14H14N4O3. The molecule has 0 unspecified atom stereocenters. The van der Waals surface area contributed by atoms with Crippen LogP contribution in [-0.2, 0) is 0 Å². The minimum Gasteiger partial charge on any atom is -0.432 e. The first-order chi connectivity index (χ1) is 9.88. The molecule has 0 saturated heterocycles. The van der Waals surface area contributed by atoms with Crippen molar-refractivity contribution in [3.8, 4) is 11.6 Å². The number of hydrogen-bond acceptors (Lipinski definition) is 5. The third-order valence-electron chi connectivity index (χ3n) is 2.85. The number of nitrogens with two attached hydrogens (primary N) is 1. The van der Waals surface area contributed by atoms with Crippen molar-refractivity contribution in [1.29, 1.82) is 5.41 Å². The largest absolute Gasteiger partial charge is 0.432 e. The molecule has 0 bridgehead atoms. The van der Waals surface area contributed by atoms with E-state index in [9.17, 15) is 10.1 Å². The predicted molar refractivity (Wildman–Crippen MR) is 77.9 cm³/mol. The average Bonchev–Trinajstić information content (AvgIpc) is 2.41.